The molecule has 0 aromatic heterocycles. The summed E-state index contributed by atoms with van der Waals surface area (Å²) in [4.78, 5) is 0. The van der Waals surface area contributed by atoms with Crippen molar-refractivity contribution in [1.29, 1.82) is 0 Å². The van der Waals surface area contributed by atoms with Crippen LogP contribution in [-0.4, -0.2) is 16.9 Å². The summed E-state index contributed by atoms with van der Waals surface area (Å²) in [6, 6.07) is 9.79. The van der Waals surface area contributed by atoms with Crippen molar-refractivity contribution in [2.24, 2.45) is 0 Å². The van der Waals surface area contributed by atoms with Crippen molar-refractivity contribution < 1.29 is 23.0 Å². The van der Waals surface area contributed by atoms with Crippen molar-refractivity contribution in [3.8, 4) is 5.75 Å². The Morgan fingerprint density at radius 1 is 0.909 bits per heavy atom. The van der Waals surface area contributed by atoms with Crippen LogP contribution in [0.3, 0.4) is 0 Å². The minimum absolute atomic E-state index is 0.0357. The van der Waals surface area contributed by atoms with Crippen molar-refractivity contribution in [3.05, 3.63) is 42.0 Å². The fourth-order valence-electron chi connectivity index (χ4n) is 2.31. The van der Waals surface area contributed by atoms with E-state index in [1.807, 2.05) is 0 Å². The third-order valence-electron chi connectivity index (χ3n) is 3.35. The molecule has 2 nitrogen and oxygen atoms in total. The summed E-state index contributed by atoms with van der Waals surface area (Å²) in [7, 11) is 0. The van der Waals surface area contributed by atoms with Crippen molar-refractivity contribution in [2.45, 2.75) is 45.1 Å². The highest BCUT2D eigenvalue weighted by molar-refractivity contribution is 5.88. The number of halogens is 3. The van der Waals surface area contributed by atoms with Crippen LogP contribution in [-0.2, 0) is 5.60 Å². The van der Waals surface area contributed by atoms with Crippen molar-refractivity contribution >= 4 is 10.8 Å². The predicted octanol–water partition coefficient (Wildman–Crippen LogP) is 4.79. The molecule has 0 heterocycles. The molecular formula is C17H19F3O2. The molecule has 0 aliphatic rings. The average Bonchev–Trinajstić information content (AvgIpc) is 2.34. The minimum Gasteiger partial charge on any atom is -0.488 e. The van der Waals surface area contributed by atoms with E-state index < -0.39 is 17.4 Å². The molecule has 0 saturated heterocycles. The molecule has 0 amide bonds. The average molecular weight is 312 g/mol. The molecule has 120 valence electrons. The minimum atomic E-state index is -4.81. The van der Waals surface area contributed by atoms with E-state index in [4.69, 9.17) is 4.74 Å². The van der Waals surface area contributed by atoms with Gasteiger partial charge in [-0.2, -0.15) is 13.2 Å². The van der Waals surface area contributed by atoms with E-state index in [0.717, 1.165) is 6.92 Å². The fraction of sp³-hybridized carbons (Fsp3) is 0.412. The Kier molecular flexibility index (Phi) is 3.90. The molecule has 0 radical (unpaired) electrons. The number of fused-ring (bicyclic) bond motifs is 1. The van der Waals surface area contributed by atoms with Gasteiger partial charge in [0.15, 0.2) is 5.60 Å². The zero-order chi connectivity index (χ0) is 16.8. The maximum atomic E-state index is 13.4. The third kappa shape index (κ3) is 3.04. The topological polar surface area (TPSA) is 29.5 Å². The standard InChI is InChI=1S/C17H19F3O2/c1-15(2,3)22-13-10-9-11-7-5-6-8-12(11)14(13)16(4,21)17(18,19)20/h5-10,21H,1-4H3. The van der Waals surface area contributed by atoms with Crippen molar-refractivity contribution in [1.82, 2.24) is 0 Å². The normalized spacial score (nSPS) is 15.6. The zero-order valence-electron chi connectivity index (χ0n) is 13.0. The van der Waals surface area contributed by atoms with Gasteiger partial charge in [0.1, 0.15) is 11.4 Å². The van der Waals surface area contributed by atoms with E-state index >= 15 is 0 Å². The van der Waals surface area contributed by atoms with Crippen LogP contribution in [0.1, 0.15) is 33.3 Å². The summed E-state index contributed by atoms with van der Waals surface area (Å²) < 4.78 is 45.7. The summed E-state index contributed by atoms with van der Waals surface area (Å²) in [6.07, 6.45) is -4.81. The van der Waals surface area contributed by atoms with E-state index in [1.165, 1.54) is 6.07 Å². The lowest BCUT2D eigenvalue weighted by molar-refractivity contribution is -0.258. The molecule has 0 spiro atoms. The smallest absolute Gasteiger partial charge is 0.421 e. The van der Waals surface area contributed by atoms with E-state index in [-0.39, 0.29) is 11.3 Å². The number of ether oxygens (including phenoxy) is 1. The quantitative estimate of drug-likeness (QED) is 0.864. The van der Waals surface area contributed by atoms with Crippen LogP contribution in [0.2, 0.25) is 0 Å². The summed E-state index contributed by atoms with van der Waals surface area (Å²) in [5.41, 5.74) is -3.94. The summed E-state index contributed by atoms with van der Waals surface area (Å²) in [5, 5.41) is 11.1. The molecule has 0 fully saturated rings. The van der Waals surface area contributed by atoms with Crippen LogP contribution in [0.4, 0.5) is 13.2 Å². The van der Waals surface area contributed by atoms with Gasteiger partial charge in [0.05, 0.1) is 0 Å². The van der Waals surface area contributed by atoms with Crippen LogP contribution in [0, 0.1) is 0 Å². The molecule has 5 heteroatoms. The van der Waals surface area contributed by atoms with Gasteiger partial charge >= 0.3 is 6.18 Å². The van der Waals surface area contributed by atoms with Gasteiger partial charge in [-0.3, -0.25) is 0 Å². The molecule has 2 aromatic carbocycles. The molecule has 0 saturated carbocycles. The Balaban J connectivity index is 2.79. The van der Waals surface area contributed by atoms with Gasteiger partial charge in [-0.25, -0.2) is 0 Å². The lowest BCUT2D eigenvalue weighted by atomic mass is 9.89. The highest BCUT2D eigenvalue weighted by atomic mass is 19.4. The van der Waals surface area contributed by atoms with E-state index in [2.05, 4.69) is 0 Å². The highest BCUT2D eigenvalue weighted by Gasteiger charge is 2.53. The lowest BCUT2D eigenvalue weighted by Gasteiger charge is -2.32. The van der Waals surface area contributed by atoms with Gasteiger partial charge in [-0.1, -0.05) is 30.3 Å². The van der Waals surface area contributed by atoms with Gasteiger partial charge in [0.25, 0.3) is 0 Å². The monoisotopic (exact) mass is 312 g/mol. The first-order valence-electron chi connectivity index (χ1n) is 6.94. The van der Waals surface area contributed by atoms with Gasteiger partial charge in [-0.05, 0) is 44.5 Å². The number of hydrogen-bond donors (Lipinski definition) is 1. The largest absolute Gasteiger partial charge is 0.488 e. The van der Waals surface area contributed by atoms with Crippen molar-refractivity contribution in [2.75, 3.05) is 0 Å². The number of alkyl halides is 3. The van der Waals surface area contributed by atoms with Crippen LogP contribution in [0.15, 0.2) is 36.4 Å². The van der Waals surface area contributed by atoms with Crippen molar-refractivity contribution in [3.63, 3.8) is 0 Å². The molecule has 22 heavy (non-hydrogen) atoms. The summed E-state index contributed by atoms with van der Waals surface area (Å²) >= 11 is 0. The Morgan fingerprint density at radius 3 is 2.05 bits per heavy atom. The van der Waals surface area contributed by atoms with Crippen LogP contribution >= 0.6 is 0 Å². The maximum Gasteiger partial charge on any atom is 0.421 e. The zero-order valence-corrected chi connectivity index (χ0v) is 13.0. The SMILES string of the molecule is CC(C)(C)Oc1ccc2ccccc2c1C(C)(O)C(F)(F)F. The molecule has 0 bridgehead atoms. The van der Waals surface area contributed by atoms with E-state index in [1.54, 1.807) is 51.1 Å². The van der Waals surface area contributed by atoms with Gasteiger partial charge in [0.2, 0.25) is 0 Å². The fourth-order valence-corrected chi connectivity index (χ4v) is 2.31. The number of hydrogen-bond acceptors (Lipinski definition) is 2. The second-order valence-electron chi connectivity index (χ2n) is 6.44. The summed E-state index contributed by atoms with van der Waals surface area (Å²) in [6.45, 7) is 5.99. The van der Waals surface area contributed by atoms with Gasteiger partial charge in [0, 0.05) is 5.56 Å². The Labute approximate surface area is 127 Å². The first kappa shape index (κ1) is 16.6. The van der Waals surface area contributed by atoms with E-state index in [9.17, 15) is 18.3 Å². The van der Waals surface area contributed by atoms with Crippen LogP contribution < -0.4 is 4.74 Å². The summed E-state index contributed by atoms with van der Waals surface area (Å²) in [5.74, 6) is 0.0357. The predicted molar refractivity (Wildman–Crippen MR) is 80.0 cm³/mol. The Hall–Kier alpha value is -1.75. The van der Waals surface area contributed by atoms with Gasteiger partial charge < -0.3 is 9.84 Å². The number of rotatable bonds is 2. The van der Waals surface area contributed by atoms with E-state index in [0.29, 0.717) is 10.8 Å². The number of aliphatic hydroxyl groups is 1. The molecule has 2 aromatic rings. The van der Waals surface area contributed by atoms with Gasteiger partial charge in [-0.15, -0.1) is 0 Å². The lowest BCUT2D eigenvalue weighted by Crippen LogP contribution is -2.40. The molecule has 1 unspecified atom stereocenters. The molecule has 2 rings (SSSR count). The van der Waals surface area contributed by atoms with Crippen LogP contribution in [0.5, 0.6) is 5.75 Å². The number of benzene rings is 2. The molecular weight excluding hydrogens is 293 g/mol. The first-order chi connectivity index (χ1) is 9.93. The Morgan fingerprint density at radius 2 is 1.50 bits per heavy atom. The second kappa shape index (κ2) is 5.16. The maximum absolute atomic E-state index is 13.4. The van der Waals surface area contributed by atoms with Crippen LogP contribution in [0.25, 0.3) is 10.8 Å². The first-order valence-corrected chi connectivity index (χ1v) is 6.94. The molecule has 0 aliphatic heterocycles. The highest BCUT2D eigenvalue weighted by Crippen LogP contribution is 2.46. The second-order valence-corrected chi connectivity index (χ2v) is 6.44. The molecule has 1 atom stereocenters. The third-order valence-corrected chi connectivity index (χ3v) is 3.35. The molecule has 0 aliphatic carbocycles. The Bertz CT molecular complexity index is 682. The molecule has 1 N–H and O–H groups in total.